The van der Waals surface area contributed by atoms with E-state index in [0.29, 0.717) is 19.3 Å². The van der Waals surface area contributed by atoms with Gasteiger partial charge < -0.3 is 115 Å². The number of hydrogen-bond donors (Lipinski definition) is 21. The van der Waals surface area contributed by atoms with E-state index in [1.54, 1.807) is 83.1 Å². The van der Waals surface area contributed by atoms with Crippen molar-refractivity contribution in [3.63, 3.8) is 0 Å². The van der Waals surface area contributed by atoms with Gasteiger partial charge in [0.25, 0.3) is 0 Å². The maximum Gasteiger partial charge on any atom is 0.326 e. The highest BCUT2D eigenvalue weighted by atomic mass is 33.1. The number of nitrogens with one attached hydrogen (secondary N) is 11. The van der Waals surface area contributed by atoms with Crippen LogP contribution in [0.4, 0.5) is 0 Å². The molecule has 0 aromatic heterocycles. The molecule has 30 N–H and O–H groups in total. The molecule has 1 aliphatic rings. The van der Waals surface area contributed by atoms with Gasteiger partial charge in [0.2, 0.25) is 65.0 Å². The van der Waals surface area contributed by atoms with Gasteiger partial charge in [0, 0.05) is 37.7 Å². The van der Waals surface area contributed by atoms with E-state index in [1.165, 1.54) is 0 Å². The standard InChI is InChI=1S/C63H118N24O13S2/c1-13-34(11)46-57(97)78-38(21-17-25-75-62(69)70)49(89)83-43(31(5)6)54(94)82-42(53(93)79-39(59(99)100)22-18-26-76-63(71)72)29-102-101-28-41(81-51(91)40(27-30(3)4)80-48(88)36(64)19-15-23-73-60(65)66)52(92)77-37(20-16-24-74-61(67)68)50(90)86-47(35(12)14-2)58(98)85-44(32(7)8)55(95)84-45(33(9)10)56(96)87-46/h30-47H,13-29,64H2,1-12H3,(H,77,92)(H,78,97)(H,79,93)(H,80,88)(H,81,91)(H,82,94)(H,83,89)(H,84,95)(H,85,98)(H,86,90)(H,87,96)(H,99,100)(H4,65,66,73)(H4,67,68,74)(H4,69,70,75)(H4,71,72,76)/t34-,35-,36-,37?,38?,39-,40-,41?,42?,43-,44?,45-,46?,47-/m0/s1. The summed E-state index contributed by atoms with van der Waals surface area (Å²) >= 11 is 0. The molecule has 0 aliphatic carbocycles. The second kappa shape index (κ2) is 47.5. The van der Waals surface area contributed by atoms with Crippen LogP contribution in [0.2, 0.25) is 0 Å². The summed E-state index contributed by atoms with van der Waals surface area (Å²) in [7, 11) is 1.76. The summed E-state index contributed by atoms with van der Waals surface area (Å²) in [5.74, 6) is -16.2. The Morgan fingerprint density at radius 1 is 0.461 bits per heavy atom. The topological polar surface area (TPSA) is 641 Å². The average molecular weight is 1480 g/mol. The SMILES string of the molecule is CC[C@H](C)C1NC(=O)[C@H](C(C)C)NC(=O)C(C(C)C)NC(=O)[C@H]([C@@H](C)CC)NC(=O)C(CCCN=C(N)N)NC(=O)C(NC(=O)[C@H](CC(C)C)NC(=O)[C@@H](N)CCCN=C(N)N)CSSCC(C(=O)N[C@@H](CCCN=C(N)N)C(=O)O)NC(=O)[C@H](C(C)C)NC(=O)C(CCCN=C(N)N)NC1=O. The zero-order valence-electron chi connectivity index (χ0n) is 61.1. The molecule has 39 heteroatoms. The molecule has 0 bridgehead atoms. The lowest BCUT2D eigenvalue weighted by molar-refractivity contribution is -0.142. The van der Waals surface area contributed by atoms with Gasteiger partial charge in [0.15, 0.2) is 23.8 Å². The first-order chi connectivity index (χ1) is 47.8. The fourth-order valence-corrected chi connectivity index (χ4v) is 12.4. The monoisotopic (exact) mass is 1480 g/mol. The number of guanidine groups is 4. The Balaban J connectivity index is 4.50. The molecule has 1 aliphatic heterocycles. The van der Waals surface area contributed by atoms with Gasteiger partial charge in [-0.2, -0.15) is 0 Å². The first kappa shape index (κ1) is 91.4. The zero-order valence-corrected chi connectivity index (χ0v) is 62.7. The second-order valence-electron chi connectivity index (χ2n) is 26.7. The predicted octanol–water partition coefficient (Wildman–Crippen LogP) is -4.55. The molecule has 6 unspecified atom stereocenters. The van der Waals surface area contributed by atoms with E-state index >= 15 is 4.79 Å². The molecule has 102 heavy (non-hydrogen) atoms. The number of aliphatic carboxylic acids is 1. The molecule has 1 fully saturated rings. The van der Waals surface area contributed by atoms with Crippen molar-refractivity contribution >= 4 is 116 Å². The van der Waals surface area contributed by atoms with Crippen LogP contribution in [-0.2, 0) is 57.5 Å². The summed E-state index contributed by atoms with van der Waals surface area (Å²) in [6, 6.07) is -17.0. The molecule has 1 saturated heterocycles. The van der Waals surface area contributed by atoms with Crippen LogP contribution in [0.15, 0.2) is 20.0 Å². The number of hydrogen-bond acceptors (Lipinski definition) is 19. The molecule has 0 aromatic carbocycles. The molecule has 0 radical (unpaired) electrons. The van der Waals surface area contributed by atoms with Crippen molar-refractivity contribution in [2.24, 2.45) is 107 Å². The van der Waals surface area contributed by atoms with Crippen molar-refractivity contribution in [3.05, 3.63) is 0 Å². The Bertz CT molecular complexity index is 2890. The first-order valence-electron chi connectivity index (χ1n) is 34.5. The second-order valence-corrected chi connectivity index (χ2v) is 29.3. The van der Waals surface area contributed by atoms with Gasteiger partial charge in [0.1, 0.15) is 66.5 Å². The molecule has 0 saturated carbocycles. The van der Waals surface area contributed by atoms with E-state index in [0.717, 1.165) is 21.6 Å². The number of carbonyl (C=O) groups excluding carboxylic acids is 11. The molecular formula is C63H118N24O13S2. The molecule has 1 rings (SSSR count). The average Bonchev–Trinajstić information content (AvgIpc) is 0.851. The van der Waals surface area contributed by atoms with Crippen molar-refractivity contribution in [2.75, 3.05) is 37.7 Å². The smallest absolute Gasteiger partial charge is 0.326 e. The highest BCUT2D eigenvalue weighted by Gasteiger charge is 2.40. The maximum absolute atomic E-state index is 15.1. The summed E-state index contributed by atoms with van der Waals surface area (Å²) in [6.45, 7) is 20.3. The summed E-state index contributed by atoms with van der Waals surface area (Å²) < 4.78 is 0. The molecule has 0 aromatic rings. The van der Waals surface area contributed by atoms with E-state index in [4.69, 9.17) is 51.6 Å². The fourth-order valence-electron chi connectivity index (χ4n) is 10.1. The normalized spacial score (nSPS) is 22.8. The summed E-state index contributed by atoms with van der Waals surface area (Å²) in [6.07, 6.45) is 0.828. The lowest BCUT2D eigenvalue weighted by atomic mass is 9.94. The predicted molar refractivity (Wildman–Crippen MR) is 394 cm³/mol. The molecule has 580 valence electrons. The summed E-state index contributed by atoms with van der Waals surface area (Å²) in [4.78, 5) is 189. The van der Waals surface area contributed by atoms with Crippen molar-refractivity contribution < 1.29 is 62.6 Å². The lowest BCUT2D eigenvalue weighted by Crippen LogP contribution is -2.63. The number of carboxylic acid groups (broad SMARTS) is 1. The van der Waals surface area contributed by atoms with E-state index in [-0.39, 0.29) is 113 Å². The van der Waals surface area contributed by atoms with Gasteiger partial charge in [-0.05, 0) is 93.3 Å². The van der Waals surface area contributed by atoms with E-state index in [2.05, 4.69) is 78.5 Å². The molecule has 11 amide bonds. The van der Waals surface area contributed by atoms with Crippen molar-refractivity contribution in [3.8, 4) is 0 Å². The van der Waals surface area contributed by atoms with Gasteiger partial charge in [-0.3, -0.25) is 72.7 Å². The van der Waals surface area contributed by atoms with Crippen LogP contribution in [0.3, 0.4) is 0 Å². The van der Waals surface area contributed by atoms with Crippen LogP contribution < -0.4 is 110 Å². The minimum absolute atomic E-state index is 0.00318. The van der Waals surface area contributed by atoms with Crippen molar-refractivity contribution in [2.45, 2.75) is 226 Å². The summed E-state index contributed by atoms with van der Waals surface area (Å²) in [5.41, 5.74) is 50.6. The van der Waals surface area contributed by atoms with E-state index in [9.17, 15) is 57.8 Å². The van der Waals surface area contributed by atoms with Gasteiger partial charge in [-0.1, -0.05) is 118 Å². The third-order valence-electron chi connectivity index (χ3n) is 16.5. The third kappa shape index (κ3) is 34.8. The Hall–Kier alpha value is -8.62. The molecule has 1 heterocycles. The Labute approximate surface area is 605 Å². The van der Waals surface area contributed by atoms with Crippen LogP contribution in [0.1, 0.15) is 154 Å². The highest BCUT2D eigenvalue weighted by molar-refractivity contribution is 8.76. The first-order valence-corrected chi connectivity index (χ1v) is 37.0. The zero-order chi connectivity index (χ0) is 77.7. The quantitative estimate of drug-likeness (QED) is 0.0131. The number of amides is 11. The molecule has 37 nitrogen and oxygen atoms in total. The van der Waals surface area contributed by atoms with Crippen LogP contribution in [0, 0.1) is 35.5 Å². The number of carbonyl (C=O) groups is 12. The Morgan fingerprint density at radius 2 is 0.824 bits per heavy atom. The minimum atomic E-state index is -1.63. The van der Waals surface area contributed by atoms with Gasteiger partial charge in [-0.25, -0.2) is 4.79 Å². The number of nitrogens with zero attached hydrogens (tertiary/aromatic N) is 4. The van der Waals surface area contributed by atoms with Gasteiger partial charge >= 0.3 is 5.97 Å². The number of nitrogens with two attached hydrogens (primary N) is 9. The molecular weight excluding hydrogens is 1360 g/mol. The van der Waals surface area contributed by atoms with Crippen LogP contribution >= 0.6 is 21.6 Å². The minimum Gasteiger partial charge on any atom is -0.480 e. The van der Waals surface area contributed by atoms with E-state index < -0.39 is 179 Å². The molecule has 0 spiro atoms. The fraction of sp³-hybridized carbons (Fsp3) is 0.746. The third-order valence-corrected chi connectivity index (χ3v) is 18.9. The van der Waals surface area contributed by atoms with Crippen molar-refractivity contribution in [1.29, 1.82) is 0 Å². The van der Waals surface area contributed by atoms with Crippen LogP contribution in [0.25, 0.3) is 0 Å². The van der Waals surface area contributed by atoms with Gasteiger partial charge in [-0.15, -0.1) is 0 Å². The largest absolute Gasteiger partial charge is 0.480 e. The number of aliphatic imine (C=N–C) groups is 4. The Kier molecular flexibility index (Phi) is 42.6. The van der Waals surface area contributed by atoms with Crippen LogP contribution in [0.5, 0.6) is 0 Å². The van der Waals surface area contributed by atoms with Gasteiger partial charge in [0.05, 0.1) is 6.04 Å². The highest BCUT2D eigenvalue weighted by Crippen LogP contribution is 2.25. The number of carboxylic acids is 1. The maximum atomic E-state index is 15.1. The van der Waals surface area contributed by atoms with Crippen molar-refractivity contribution in [1.82, 2.24) is 58.5 Å². The van der Waals surface area contributed by atoms with E-state index in [1.807, 2.05) is 0 Å². The number of rotatable bonds is 32. The Morgan fingerprint density at radius 3 is 1.24 bits per heavy atom. The molecule has 14 atom stereocenters. The van der Waals surface area contributed by atoms with Crippen LogP contribution in [-0.4, -0.2) is 210 Å². The lowest BCUT2D eigenvalue weighted by Gasteiger charge is -2.32. The summed E-state index contributed by atoms with van der Waals surface area (Å²) in [5, 5.41) is 40.0.